The van der Waals surface area contributed by atoms with Crippen molar-refractivity contribution < 1.29 is 17.9 Å². The van der Waals surface area contributed by atoms with Crippen molar-refractivity contribution in [1.29, 1.82) is 0 Å². The lowest BCUT2D eigenvalue weighted by Gasteiger charge is -2.28. The summed E-state index contributed by atoms with van der Waals surface area (Å²) in [6.45, 7) is 12.6. The van der Waals surface area contributed by atoms with Crippen LogP contribution in [0.1, 0.15) is 45.7 Å². The molecular formula is C17H28N2O4S. The van der Waals surface area contributed by atoms with Crippen molar-refractivity contribution in [3.8, 4) is 0 Å². The predicted octanol–water partition coefficient (Wildman–Crippen LogP) is 2.89. The van der Waals surface area contributed by atoms with Crippen LogP contribution in [-0.4, -0.2) is 32.2 Å². The van der Waals surface area contributed by atoms with Crippen molar-refractivity contribution in [2.45, 2.75) is 64.5 Å². The summed E-state index contributed by atoms with van der Waals surface area (Å²) < 4.78 is 32.5. The number of sulfonamides is 1. The molecule has 0 aromatic heterocycles. The van der Waals surface area contributed by atoms with E-state index in [4.69, 9.17) is 4.74 Å². The molecule has 0 bridgehead atoms. The third-order valence-electron chi connectivity index (χ3n) is 3.33. The summed E-state index contributed by atoms with van der Waals surface area (Å²) in [5.74, 6) is 0. The van der Waals surface area contributed by atoms with E-state index in [9.17, 15) is 13.2 Å². The first-order chi connectivity index (χ1) is 10.7. The van der Waals surface area contributed by atoms with E-state index in [-0.39, 0.29) is 11.4 Å². The van der Waals surface area contributed by atoms with Gasteiger partial charge in [0.2, 0.25) is 10.0 Å². The molecule has 0 aliphatic heterocycles. The molecule has 2 N–H and O–H groups in total. The minimum Gasteiger partial charge on any atom is -0.444 e. The third kappa shape index (κ3) is 6.49. The van der Waals surface area contributed by atoms with Gasteiger partial charge in [0.1, 0.15) is 5.60 Å². The Bertz CT molecular complexity index is 704. The van der Waals surface area contributed by atoms with E-state index >= 15 is 0 Å². The molecule has 0 radical (unpaired) electrons. The SMILES string of the molecule is Cc1ccc(S(=O)(=O)NCC(C)(C)NC(=O)OC(C)(C)C)cc1C. The topological polar surface area (TPSA) is 84.5 Å². The lowest BCUT2D eigenvalue weighted by Crippen LogP contribution is -2.52. The minimum absolute atomic E-state index is 0.0432. The number of hydrogen-bond donors (Lipinski definition) is 2. The number of rotatable bonds is 5. The first kappa shape index (κ1) is 20.4. The molecule has 0 fully saturated rings. The van der Waals surface area contributed by atoms with Crippen molar-refractivity contribution >= 4 is 16.1 Å². The average Bonchev–Trinajstić information content (AvgIpc) is 2.37. The van der Waals surface area contributed by atoms with Crippen molar-refractivity contribution in [3.63, 3.8) is 0 Å². The molecule has 0 spiro atoms. The molecule has 0 heterocycles. The fourth-order valence-electron chi connectivity index (χ4n) is 1.86. The number of ether oxygens (including phenoxy) is 1. The molecule has 0 saturated carbocycles. The molecule has 24 heavy (non-hydrogen) atoms. The monoisotopic (exact) mass is 356 g/mol. The second-order valence-electron chi connectivity index (χ2n) is 7.58. The fraction of sp³-hybridized carbons (Fsp3) is 0.588. The van der Waals surface area contributed by atoms with Gasteiger partial charge in [-0.3, -0.25) is 0 Å². The highest BCUT2D eigenvalue weighted by atomic mass is 32.2. The molecule has 0 atom stereocenters. The molecule has 0 saturated heterocycles. The van der Waals surface area contributed by atoms with Gasteiger partial charge in [0, 0.05) is 6.54 Å². The van der Waals surface area contributed by atoms with E-state index in [0.29, 0.717) is 0 Å². The molecule has 1 rings (SSSR count). The Balaban J connectivity index is 2.75. The molecule has 1 aromatic rings. The molecular weight excluding hydrogens is 328 g/mol. The van der Waals surface area contributed by atoms with Crippen LogP contribution in [0.25, 0.3) is 0 Å². The zero-order valence-electron chi connectivity index (χ0n) is 15.5. The lowest BCUT2D eigenvalue weighted by atomic mass is 10.1. The highest BCUT2D eigenvalue weighted by molar-refractivity contribution is 7.89. The third-order valence-corrected chi connectivity index (χ3v) is 4.73. The molecule has 7 heteroatoms. The molecule has 136 valence electrons. The average molecular weight is 356 g/mol. The fourth-order valence-corrected chi connectivity index (χ4v) is 3.16. The molecule has 1 aromatic carbocycles. The van der Waals surface area contributed by atoms with Crippen LogP contribution in [0.4, 0.5) is 4.79 Å². The van der Waals surface area contributed by atoms with Crippen LogP contribution in [-0.2, 0) is 14.8 Å². The van der Waals surface area contributed by atoms with Gasteiger partial charge in [0.05, 0.1) is 10.4 Å². The number of alkyl carbamates (subject to hydrolysis) is 1. The van der Waals surface area contributed by atoms with Crippen LogP contribution in [0.5, 0.6) is 0 Å². The van der Waals surface area contributed by atoms with Crippen molar-refractivity contribution in [3.05, 3.63) is 29.3 Å². The molecule has 0 aliphatic carbocycles. The first-order valence-corrected chi connectivity index (χ1v) is 9.28. The first-order valence-electron chi connectivity index (χ1n) is 7.80. The van der Waals surface area contributed by atoms with Crippen LogP contribution in [0, 0.1) is 13.8 Å². The van der Waals surface area contributed by atoms with Crippen LogP contribution in [0.3, 0.4) is 0 Å². The highest BCUT2D eigenvalue weighted by Crippen LogP contribution is 2.15. The summed E-state index contributed by atoms with van der Waals surface area (Å²) in [4.78, 5) is 12.0. The van der Waals surface area contributed by atoms with Gasteiger partial charge in [-0.05, 0) is 71.7 Å². The van der Waals surface area contributed by atoms with Gasteiger partial charge in [-0.25, -0.2) is 17.9 Å². The summed E-state index contributed by atoms with van der Waals surface area (Å²) in [5, 5.41) is 2.67. The quantitative estimate of drug-likeness (QED) is 0.849. The number of carbonyl (C=O) groups is 1. The lowest BCUT2D eigenvalue weighted by molar-refractivity contribution is 0.0474. The van der Waals surface area contributed by atoms with E-state index in [2.05, 4.69) is 10.0 Å². The van der Waals surface area contributed by atoms with Crippen molar-refractivity contribution in [2.24, 2.45) is 0 Å². The van der Waals surface area contributed by atoms with E-state index in [1.165, 1.54) is 0 Å². The minimum atomic E-state index is -3.65. The van der Waals surface area contributed by atoms with E-state index in [1.807, 2.05) is 13.8 Å². The number of hydrogen-bond acceptors (Lipinski definition) is 4. The van der Waals surface area contributed by atoms with Crippen molar-refractivity contribution in [1.82, 2.24) is 10.0 Å². The Hall–Kier alpha value is -1.60. The Morgan fingerprint density at radius 1 is 1.08 bits per heavy atom. The summed E-state index contributed by atoms with van der Waals surface area (Å²) in [7, 11) is -3.65. The molecule has 0 unspecified atom stereocenters. The highest BCUT2D eigenvalue weighted by Gasteiger charge is 2.26. The van der Waals surface area contributed by atoms with Gasteiger partial charge in [-0.15, -0.1) is 0 Å². The van der Waals surface area contributed by atoms with Gasteiger partial charge in [-0.2, -0.15) is 0 Å². The molecule has 6 nitrogen and oxygen atoms in total. The Kier molecular flexibility index (Phi) is 6.05. The van der Waals surface area contributed by atoms with Crippen LogP contribution in [0.15, 0.2) is 23.1 Å². The second-order valence-corrected chi connectivity index (χ2v) is 9.35. The zero-order valence-corrected chi connectivity index (χ0v) is 16.3. The summed E-state index contributed by atoms with van der Waals surface area (Å²) >= 11 is 0. The summed E-state index contributed by atoms with van der Waals surface area (Å²) in [6, 6.07) is 4.97. The Labute approximate surface area is 145 Å². The maximum atomic E-state index is 12.4. The maximum Gasteiger partial charge on any atom is 0.408 e. The zero-order chi connectivity index (χ0) is 18.8. The van der Waals surface area contributed by atoms with Gasteiger partial charge in [-0.1, -0.05) is 6.07 Å². The predicted molar refractivity (Wildman–Crippen MR) is 94.6 cm³/mol. The maximum absolute atomic E-state index is 12.4. The molecule has 0 aliphatic rings. The Morgan fingerprint density at radius 2 is 1.67 bits per heavy atom. The van der Waals surface area contributed by atoms with Crippen LogP contribution in [0.2, 0.25) is 0 Å². The van der Waals surface area contributed by atoms with Crippen LogP contribution >= 0.6 is 0 Å². The Morgan fingerprint density at radius 3 is 2.17 bits per heavy atom. The second kappa shape index (κ2) is 7.11. The number of aryl methyl sites for hydroxylation is 2. The normalized spacial score (nSPS) is 12.8. The van der Waals surface area contributed by atoms with Crippen LogP contribution < -0.4 is 10.0 Å². The largest absolute Gasteiger partial charge is 0.444 e. The summed E-state index contributed by atoms with van der Waals surface area (Å²) in [6.07, 6.45) is -0.585. The van der Waals surface area contributed by atoms with E-state index in [0.717, 1.165) is 11.1 Å². The standard InChI is InChI=1S/C17H28N2O4S/c1-12-8-9-14(10-13(12)2)24(21,22)18-11-17(6,7)19-15(20)23-16(3,4)5/h8-10,18H,11H2,1-7H3,(H,19,20). The number of carbonyl (C=O) groups excluding carboxylic acids is 1. The number of nitrogens with one attached hydrogen (secondary N) is 2. The number of benzene rings is 1. The van der Waals surface area contributed by atoms with Gasteiger partial charge in [0.15, 0.2) is 0 Å². The number of amides is 1. The van der Waals surface area contributed by atoms with Gasteiger partial charge < -0.3 is 10.1 Å². The molecule has 1 amide bonds. The van der Waals surface area contributed by atoms with E-state index in [1.54, 1.807) is 52.8 Å². The van der Waals surface area contributed by atoms with Gasteiger partial charge in [0.25, 0.3) is 0 Å². The van der Waals surface area contributed by atoms with E-state index < -0.39 is 27.3 Å². The van der Waals surface area contributed by atoms with Crippen molar-refractivity contribution in [2.75, 3.05) is 6.54 Å². The summed E-state index contributed by atoms with van der Waals surface area (Å²) in [5.41, 5.74) is 0.527. The van der Waals surface area contributed by atoms with Gasteiger partial charge >= 0.3 is 6.09 Å². The smallest absolute Gasteiger partial charge is 0.408 e.